The van der Waals surface area contributed by atoms with E-state index in [4.69, 9.17) is 18.0 Å². The molecule has 0 bridgehead atoms. The molecule has 0 aliphatic heterocycles. The minimum atomic E-state index is -0.989. The smallest absolute Gasteiger partial charge is 0.397 e. The number of benzene rings is 1. The van der Waals surface area contributed by atoms with E-state index in [0.717, 1.165) is 5.56 Å². The highest BCUT2D eigenvalue weighted by molar-refractivity contribution is 6.32. The number of rotatable bonds is 3. The molecule has 1 aromatic carbocycles. The summed E-state index contributed by atoms with van der Waals surface area (Å²) in [5, 5.41) is 3.01. The Morgan fingerprint density at radius 1 is 1.35 bits per heavy atom. The molecular formula is C12H10ClNO3. The van der Waals surface area contributed by atoms with Gasteiger partial charge in [0.1, 0.15) is 0 Å². The summed E-state index contributed by atoms with van der Waals surface area (Å²) in [7, 11) is 0. The van der Waals surface area contributed by atoms with Crippen molar-refractivity contribution in [2.24, 2.45) is 0 Å². The average molecular weight is 252 g/mol. The monoisotopic (exact) mass is 251 g/mol. The number of hydrogen-bond acceptors (Lipinski definition) is 3. The first kappa shape index (κ1) is 13.1. The molecule has 0 fully saturated rings. The van der Waals surface area contributed by atoms with Crippen LogP contribution in [0.5, 0.6) is 0 Å². The van der Waals surface area contributed by atoms with Gasteiger partial charge in [-0.25, -0.2) is 4.79 Å². The van der Waals surface area contributed by atoms with Crippen LogP contribution in [0.4, 0.5) is 0 Å². The van der Waals surface area contributed by atoms with Gasteiger partial charge >= 0.3 is 11.9 Å². The van der Waals surface area contributed by atoms with Crippen LogP contribution in [0.3, 0.4) is 0 Å². The minimum Gasteiger partial charge on any atom is -0.445 e. The van der Waals surface area contributed by atoms with Gasteiger partial charge in [0.05, 0.1) is 0 Å². The minimum absolute atomic E-state index is 0.215. The van der Waals surface area contributed by atoms with Crippen LogP contribution in [0.1, 0.15) is 5.56 Å². The first-order valence-corrected chi connectivity index (χ1v) is 5.14. The van der Waals surface area contributed by atoms with Gasteiger partial charge < -0.3 is 10.1 Å². The van der Waals surface area contributed by atoms with Crippen LogP contribution in [-0.4, -0.2) is 18.5 Å². The third kappa shape index (κ3) is 4.58. The van der Waals surface area contributed by atoms with Crippen LogP contribution in [-0.2, 0) is 20.9 Å². The van der Waals surface area contributed by atoms with Crippen molar-refractivity contribution in [2.45, 2.75) is 6.54 Å². The lowest BCUT2D eigenvalue weighted by atomic mass is 10.2. The van der Waals surface area contributed by atoms with Crippen molar-refractivity contribution in [1.29, 1.82) is 0 Å². The molecule has 17 heavy (non-hydrogen) atoms. The van der Waals surface area contributed by atoms with Crippen LogP contribution < -0.4 is 5.32 Å². The van der Waals surface area contributed by atoms with Gasteiger partial charge in [-0.05, 0) is 17.7 Å². The molecule has 0 aliphatic rings. The fraction of sp³-hybridized carbons (Fsp3) is 0.167. The predicted octanol–water partition coefficient (Wildman–Crippen LogP) is 1.13. The zero-order valence-electron chi connectivity index (χ0n) is 8.90. The average Bonchev–Trinajstić information content (AvgIpc) is 2.34. The maximum absolute atomic E-state index is 11.2. The third-order valence-electron chi connectivity index (χ3n) is 1.84. The van der Waals surface area contributed by atoms with Gasteiger partial charge in [0, 0.05) is 11.6 Å². The summed E-state index contributed by atoms with van der Waals surface area (Å²) in [4.78, 5) is 22.2. The Morgan fingerprint density at radius 2 is 2.00 bits per heavy atom. The van der Waals surface area contributed by atoms with Gasteiger partial charge in [0.15, 0.2) is 6.61 Å². The number of esters is 1. The quantitative estimate of drug-likeness (QED) is 0.498. The zero-order chi connectivity index (χ0) is 12.7. The van der Waals surface area contributed by atoms with Crippen LogP contribution in [0.2, 0.25) is 5.02 Å². The summed E-state index contributed by atoms with van der Waals surface area (Å²) < 4.78 is 4.45. The van der Waals surface area contributed by atoms with E-state index in [-0.39, 0.29) is 13.2 Å². The van der Waals surface area contributed by atoms with Crippen molar-refractivity contribution in [2.75, 3.05) is 6.61 Å². The molecule has 0 saturated carbocycles. The van der Waals surface area contributed by atoms with E-state index in [9.17, 15) is 9.59 Å². The predicted molar refractivity (Wildman–Crippen MR) is 63.1 cm³/mol. The number of amides is 1. The van der Waals surface area contributed by atoms with E-state index in [1.807, 2.05) is 0 Å². The first-order valence-electron chi connectivity index (χ1n) is 4.76. The van der Waals surface area contributed by atoms with Gasteiger partial charge in [-0.3, -0.25) is 4.79 Å². The van der Waals surface area contributed by atoms with E-state index in [1.165, 1.54) is 0 Å². The van der Waals surface area contributed by atoms with Crippen molar-refractivity contribution in [3.05, 3.63) is 34.9 Å². The van der Waals surface area contributed by atoms with Crippen molar-refractivity contribution in [3.63, 3.8) is 0 Å². The molecule has 0 radical (unpaired) electrons. The molecule has 88 valence electrons. The lowest BCUT2D eigenvalue weighted by Gasteiger charge is -2.04. The van der Waals surface area contributed by atoms with Gasteiger partial charge in [0.25, 0.3) is 0 Å². The number of nitrogens with one attached hydrogen (secondary N) is 1. The Morgan fingerprint density at radius 3 is 2.59 bits per heavy atom. The highest BCUT2D eigenvalue weighted by atomic mass is 35.5. The normalized spacial score (nSPS) is 9.18. The Labute approximate surface area is 104 Å². The molecule has 1 rings (SSSR count). The Hall–Kier alpha value is -1.99. The number of hydrogen-bond donors (Lipinski definition) is 1. The fourth-order valence-electron chi connectivity index (χ4n) is 1.03. The van der Waals surface area contributed by atoms with Crippen LogP contribution in [0, 0.1) is 12.3 Å². The second-order valence-corrected chi connectivity index (χ2v) is 3.53. The summed E-state index contributed by atoms with van der Waals surface area (Å²) in [6.45, 7) is 0.00829. The summed E-state index contributed by atoms with van der Waals surface area (Å²) in [5.41, 5.74) is 0.826. The zero-order valence-corrected chi connectivity index (χ0v) is 9.66. The molecule has 0 aromatic heterocycles. The van der Waals surface area contributed by atoms with E-state index < -0.39 is 11.9 Å². The standard InChI is InChI=1S/C12H10ClNO3/c1-2-7-17-12(16)11(15)14-8-9-3-5-10(13)6-4-9/h1,3-6H,7-8H2,(H,14,15). The number of carbonyl (C=O) groups excluding carboxylic acids is 2. The summed E-state index contributed by atoms with van der Waals surface area (Å²) >= 11 is 5.70. The molecule has 0 atom stereocenters. The Bertz CT molecular complexity index is 448. The second-order valence-electron chi connectivity index (χ2n) is 3.09. The number of carbonyl (C=O) groups is 2. The molecule has 1 amide bonds. The maximum atomic E-state index is 11.2. The van der Waals surface area contributed by atoms with Crippen LogP contribution >= 0.6 is 11.6 Å². The van der Waals surface area contributed by atoms with Gasteiger partial charge in [-0.15, -0.1) is 6.42 Å². The second kappa shape index (κ2) is 6.56. The van der Waals surface area contributed by atoms with Crippen molar-refractivity contribution < 1.29 is 14.3 Å². The van der Waals surface area contributed by atoms with Crippen molar-refractivity contribution >= 4 is 23.5 Å². The highest BCUT2D eigenvalue weighted by Gasteiger charge is 2.13. The summed E-state index contributed by atoms with van der Waals surface area (Å²) in [6, 6.07) is 6.88. The Kier molecular flexibility index (Phi) is 5.05. The number of ether oxygens (including phenoxy) is 1. The molecule has 0 heterocycles. The number of terminal acetylenes is 1. The topological polar surface area (TPSA) is 55.4 Å². The highest BCUT2D eigenvalue weighted by Crippen LogP contribution is 2.08. The van der Waals surface area contributed by atoms with E-state index in [1.54, 1.807) is 24.3 Å². The van der Waals surface area contributed by atoms with Crippen LogP contribution in [0.25, 0.3) is 0 Å². The molecule has 1 aromatic rings. The van der Waals surface area contributed by atoms with Gasteiger partial charge in [0.2, 0.25) is 0 Å². The van der Waals surface area contributed by atoms with E-state index in [0.29, 0.717) is 5.02 Å². The molecule has 5 heteroatoms. The van der Waals surface area contributed by atoms with Crippen molar-refractivity contribution in [1.82, 2.24) is 5.32 Å². The largest absolute Gasteiger partial charge is 0.445 e. The van der Waals surface area contributed by atoms with E-state index in [2.05, 4.69) is 16.0 Å². The number of halogens is 1. The maximum Gasteiger partial charge on any atom is 0.397 e. The van der Waals surface area contributed by atoms with Gasteiger partial charge in [-0.2, -0.15) is 0 Å². The first-order chi connectivity index (χ1) is 8.13. The fourth-order valence-corrected chi connectivity index (χ4v) is 1.16. The summed E-state index contributed by atoms with van der Waals surface area (Å²) in [5.74, 6) is 0.283. The lowest BCUT2D eigenvalue weighted by Crippen LogP contribution is -2.32. The lowest BCUT2D eigenvalue weighted by molar-refractivity contribution is -0.153. The van der Waals surface area contributed by atoms with E-state index >= 15 is 0 Å². The van der Waals surface area contributed by atoms with Crippen LogP contribution in [0.15, 0.2) is 24.3 Å². The molecule has 4 nitrogen and oxygen atoms in total. The molecule has 0 spiro atoms. The molecule has 1 N–H and O–H groups in total. The summed E-state index contributed by atoms with van der Waals surface area (Å²) in [6.07, 6.45) is 4.88. The van der Waals surface area contributed by atoms with Gasteiger partial charge in [-0.1, -0.05) is 29.7 Å². The third-order valence-corrected chi connectivity index (χ3v) is 2.09. The Balaban J connectivity index is 2.40. The molecular weight excluding hydrogens is 242 g/mol. The van der Waals surface area contributed by atoms with Crippen molar-refractivity contribution in [3.8, 4) is 12.3 Å². The molecule has 0 saturated heterocycles. The molecule has 0 aliphatic carbocycles. The molecule has 0 unspecified atom stereocenters. The SMILES string of the molecule is C#CCOC(=O)C(=O)NCc1ccc(Cl)cc1.